The number of halogens is 2. The van der Waals surface area contributed by atoms with Crippen LogP contribution in [0.1, 0.15) is 24.1 Å². The Morgan fingerprint density at radius 1 is 1.19 bits per heavy atom. The Hall–Kier alpha value is -1.23. The van der Waals surface area contributed by atoms with Crippen molar-refractivity contribution in [3.63, 3.8) is 0 Å². The third-order valence-electron chi connectivity index (χ3n) is 3.09. The van der Waals surface area contributed by atoms with Crippen LogP contribution in [0.5, 0.6) is 11.5 Å². The first-order chi connectivity index (χ1) is 10.0. The summed E-state index contributed by atoms with van der Waals surface area (Å²) in [5.41, 5.74) is 7.83. The van der Waals surface area contributed by atoms with Gasteiger partial charge >= 0.3 is 0 Å². The lowest BCUT2D eigenvalue weighted by molar-refractivity contribution is 0.292. The molecule has 0 saturated heterocycles. The molecule has 0 unspecified atom stereocenters. The van der Waals surface area contributed by atoms with Crippen LogP contribution in [0.4, 0.5) is 0 Å². The molecule has 0 bridgehead atoms. The van der Waals surface area contributed by atoms with Gasteiger partial charge in [0.05, 0.1) is 7.11 Å². The summed E-state index contributed by atoms with van der Waals surface area (Å²) >= 11 is 9.47. The largest absolute Gasteiger partial charge is 0.496 e. The minimum absolute atomic E-state index is 0.112. The molecular weight excluding hydrogens is 354 g/mol. The second-order valence-electron chi connectivity index (χ2n) is 4.72. The summed E-state index contributed by atoms with van der Waals surface area (Å²) in [5.74, 6) is 1.51. The topological polar surface area (TPSA) is 44.5 Å². The Morgan fingerprint density at radius 2 is 1.90 bits per heavy atom. The van der Waals surface area contributed by atoms with Gasteiger partial charge in [0.15, 0.2) is 0 Å². The zero-order valence-electron chi connectivity index (χ0n) is 11.9. The molecule has 0 heterocycles. The van der Waals surface area contributed by atoms with Crippen LogP contribution in [0.15, 0.2) is 40.9 Å². The lowest BCUT2D eigenvalue weighted by Gasteiger charge is -2.16. The van der Waals surface area contributed by atoms with Gasteiger partial charge in [0.25, 0.3) is 0 Å². The van der Waals surface area contributed by atoms with Crippen molar-refractivity contribution in [2.75, 3.05) is 7.11 Å². The summed E-state index contributed by atoms with van der Waals surface area (Å²) in [5, 5.41) is 0.651. The van der Waals surface area contributed by atoms with E-state index in [4.69, 9.17) is 26.8 Å². The Balaban J connectivity index is 2.22. The molecule has 0 aliphatic heterocycles. The highest BCUT2D eigenvalue weighted by molar-refractivity contribution is 9.10. The molecule has 3 nitrogen and oxygen atoms in total. The van der Waals surface area contributed by atoms with Gasteiger partial charge in [0, 0.05) is 26.7 Å². The SMILES string of the molecule is COc1ccc(Cl)cc1COc1ccc(Br)cc1[C@@H](C)N. The fourth-order valence-corrected chi connectivity index (χ4v) is 2.60. The molecule has 0 spiro atoms. The van der Waals surface area contributed by atoms with E-state index in [1.54, 1.807) is 13.2 Å². The molecule has 0 aliphatic rings. The zero-order valence-corrected chi connectivity index (χ0v) is 14.2. The van der Waals surface area contributed by atoms with E-state index in [1.807, 2.05) is 37.3 Å². The van der Waals surface area contributed by atoms with E-state index in [0.717, 1.165) is 27.1 Å². The quantitative estimate of drug-likeness (QED) is 0.829. The van der Waals surface area contributed by atoms with Crippen LogP contribution >= 0.6 is 27.5 Å². The number of hydrogen-bond acceptors (Lipinski definition) is 3. The van der Waals surface area contributed by atoms with Crippen molar-refractivity contribution in [3.8, 4) is 11.5 Å². The summed E-state index contributed by atoms with van der Waals surface area (Å²) < 4.78 is 12.2. The van der Waals surface area contributed by atoms with Crippen LogP contribution in [-0.2, 0) is 6.61 Å². The maximum atomic E-state index is 6.02. The standard InChI is InChI=1S/C16H17BrClNO2/c1-10(19)14-8-12(17)3-5-16(14)21-9-11-7-13(18)4-6-15(11)20-2/h3-8,10H,9,19H2,1-2H3/t10-/m1/s1. The monoisotopic (exact) mass is 369 g/mol. The van der Waals surface area contributed by atoms with Crippen molar-refractivity contribution >= 4 is 27.5 Å². The smallest absolute Gasteiger partial charge is 0.125 e. The molecule has 0 aliphatic carbocycles. The molecule has 0 fully saturated rings. The van der Waals surface area contributed by atoms with Crippen LogP contribution in [0, 0.1) is 0 Å². The van der Waals surface area contributed by atoms with Crippen molar-refractivity contribution in [3.05, 3.63) is 57.0 Å². The molecule has 112 valence electrons. The predicted octanol–water partition coefficient (Wildman–Crippen LogP) is 4.71. The summed E-state index contributed by atoms with van der Waals surface area (Å²) in [4.78, 5) is 0. The van der Waals surface area contributed by atoms with Gasteiger partial charge < -0.3 is 15.2 Å². The van der Waals surface area contributed by atoms with Crippen molar-refractivity contribution < 1.29 is 9.47 Å². The fraction of sp³-hybridized carbons (Fsp3) is 0.250. The van der Waals surface area contributed by atoms with Gasteiger partial charge in [0.2, 0.25) is 0 Å². The lowest BCUT2D eigenvalue weighted by atomic mass is 10.1. The molecule has 1 atom stereocenters. The van der Waals surface area contributed by atoms with Crippen molar-refractivity contribution in [1.82, 2.24) is 0 Å². The third-order valence-corrected chi connectivity index (χ3v) is 3.82. The maximum absolute atomic E-state index is 6.02. The molecule has 21 heavy (non-hydrogen) atoms. The van der Waals surface area contributed by atoms with Gasteiger partial charge in [-0.25, -0.2) is 0 Å². The van der Waals surface area contributed by atoms with Gasteiger partial charge in [-0.15, -0.1) is 0 Å². The number of rotatable bonds is 5. The van der Waals surface area contributed by atoms with E-state index < -0.39 is 0 Å². The van der Waals surface area contributed by atoms with E-state index in [1.165, 1.54) is 0 Å². The van der Waals surface area contributed by atoms with E-state index in [9.17, 15) is 0 Å². The van der Waals surface area contributed by atoms with Gasteiger partial charge in [-0.2, -0.15) is 0 Å². The molecule has 0 saturated carbocycles. The predicted molar refractivity (Wildman–Crippen MR) is 89.1 cm³/mol. The summed E-state index contributed by atoms with van der Waals surface area (Å²) in [6.07, 6.45) is 0. The first kappa shape index (κ1) is 16.1. The molecule has 5 heteroatoms. The lowest BCUT2D eigenvalue weighted by Crippen LogP contribution is -2.08. The molecule has 0 amide bonds. The van der Waals surface area contributed by atoms with Gasteiger partial charge in [-0.3, -0.25) is 0 Å². The average Bonchev–Trinajstić information content (AvgIpc) is 2.46. The highest BCUT2D eigenvalue weighted by atomic mass is 79.9. The minimum Gasteiger partial charge on any atom is -0.496 e. The Bertz CT molecular complexity index is 632. The van der Waals surface area contributed by atoms with Gasteiger partial charge in [-0.1, -0.05) is 27.5 Å². The van der Waals surface area contributed by atoms with Gasteiger partial charge in [0.1, 0.15) is 18.1 Å². The van der Waals surface area contributed by atoms with Crippen molar-refractivity contribution in [2.24, 2.45) is 5.73 Å². The summed E-state index contributed by atoms with van der Waals surface area (Å²) in [6.45, 7) is 2.29. The number of nitrogens with two attached hydrogens (primary N) is 1. The van der Waals surface area contributed by atoms with Crippen LogP contribution in [0.3, 0.4) is 0 Å². The Morgan fingerprint density at radius 3 is 2.57 bits per heavy atom. The van der Waals surface area contributed by atoms with E-state index in [0.29, 0.717) is 11.6 Å². The number of hydrogen-bond donors (Lipinski definition) is 1. The second-order valence-corrected chi connectivity index (χ2v) is 6.07. The number of ether oxygens (including phenoxy) is 2. The molecule has 0 aromatic heterocycles. The minimum atomic E-state index is -0.112. The highest BCUT2D eigenvalue weighted by Crippen LogP contribution is 2.30. The summed E-state index contributed by atoms with van der Waals surface area (Å²) in [7, 11) is 1.62. The molecule has 2 aromatic carbocycles. The molecule has 0 radical (unpaired) electrons. The number of methoxy groups -OCH3 is 1. The average molecular weight is 371 g/mol. The first-order valence-electron chi connectivity index (χ1n) is 6.51. The molecule has 2 N–H and O–H groups in total. The molecule has 2 aromatic rings. The zero-order chi connectivity index (χ0) is 15.4. The Kier molecular flexibility index (Phi) is 5.51. The van der Waals surface area contributed by atoms with Crippen molar-refractivity contribution in [2.45, 2.75) is 19.6 Å². The fourth-order valence-electron chi connectivity index (χ4n) is 2.02. The van der Waals surface area contributed by atoms with E-state index in [-0.39, 0.29) is 6.04 Å². The molecular formula is C16H17BrClNO2. The van der Waals surface area contributed by atoms with Crippen LogP contribution < -0.4 is 15.2 Å². The summed E-state index contributed by atoms with van der Waals surface area (Å²) in [6, 6.07) is 11.1. The number of benzene rings is 2. The Labute approximate surface area is 138 Å². The van der Waals surface area contributed by atoms with E-state index in [2.05, 4.69) is 15.9 Å². The first-order valence-corrected chi connectivity index (χ1v) is 7.68. The van der Waals surface area contributed by atoms with Crippen LogP contribution in [0.2, 0.25) is 5.02 Å². The second kappa shape index (κ2) is 7.16. The highest BCUT2D eigenvalue weighted by Gasteiger charge is 2.11. The van der Waals surface area contributed by atoms with E-state index >= 15 is 0 Å². The molecule has 2 rings (SSSR count). The maximum Gasteiger partial charge on any atom is 0.125 e. The third kappa shape index (κ3) is 4.13. The van der Waals surface area contributed by atoms with Crippen LogP contribution in [-0.4, -0.2) is 7.11 Å². The van der Waals surface area contributed by atoms with Gasteiger partial charge in [-0.05, 0) is 43.3 Å². The van der Waals surface area contributed by atoms with Crippen LogP contribution in [0.25, 0.3) is 0 Å². The van der Waals surface area contributed by atoms with Crippen molar-refractivity contribution in [1.29, 1.82) is 0 Å². The normalized spacial score (nSPS) is 12.0.